The lowest BCUT2D eigenvalue weighted by molar-refractivity contribution is 0.102. The van der Waals surface area contributed by atoms with Crippen molar-refractivity contribution >= 4 is 23.2 Å². The summed E-state index contributed by atoms with van der Waals surface area (Å²) >= 11 is 0. The fourth-order valence-electron chi connectivity index (χ4n) is 3.02. The Morgan fingerprint density at radius 2 is 1.82 bits per heavy atom. The van der Waals surface area contributed by atoms with Crippen LogP contribution in [0.1, 0.15) is 28.4 Å². The van der Waals surface area contributed by atoms with E-state index in [-0.39, 0.29) is 12.7 Å². The highest BCUT2D eigenvalue weighted by molar-refractivity contribution is 6.04. The van der Waals surface area contributed by atoms with Gasteiger partial charge in [-0.2, -0.15) is 0 Å². The second-order valence-electron chi connectivity index (χ2n) is 6.41. The summed E-state index contributed by atoms with van der Waals surface area (Å²) < 4.78 is 10.6. The largest absolute Gasteiger partial charge is 0.454 e. The molecule has 7 nitrogen and oxygen atoms in total. The van der Waals surface area contributed by atoms with E-state index >= 15 is 0 Å². The maximum absolute atomic E-state index is 12.4. The summed E-state index contributed by atoms with van der Waals surface area (Å²) in [5.74, 6) is 1.89. The number of benzene rings is 2. The maximum Gasteiger partial charge on any atom is 0.257 e. The van der Waals surface area contributed by atoms with Gasteiger partial charge in [0.2, 0.25) is 6.79 Å². The first-order valence-electron chi connectivity index (χ1n) is 9.04. The van der Waals surface area contributed by atoms with E-state index in [4.69, 9.17) is 9.47 Å². The van der Waals surface area contributed by atoms with E-state index in [1.165, 1.54) is 5.56 Å². The Bertz CT molecular complexity index is 1020. The molecule has 4 rings (SSSR count). The molecule has 142 valence electrons. The zero-order chi connectivity index (χ0) is 19.5. The molecule has 0 unspecified atom stereocenters. The molecule has 1 aromatic heterocycles. The van der Waals surface area contributed by atoms with Gasteiger partial charge < -0.3 is 20.1 Å². The number of amides is 1. The number of nitrogens with zero attached hydrogens (tertiary/aromatic N) is 2. The third-order valence-electron chi connectivity index (χ3n) is 4.53. The summed E-state index contributed by atoms with van der Waals surface area (Å²) in [4.78, 5) is 12.4. The average Bonchev–Trinajstić information content (AvgIpc) is 3.18. The fraction of sp³-hybridized carbons (Fsp3) is 0.190. The number of rotatable bonds is 5. The number of aromatic nitrogens is 2. The molecule has 0 spiro atoms. The van der Waals surface area contributed by atoms with Crippen LogP contribution in [0.5, 0.6) is 11.5 Å². The molecule has 0 atom stereocenters. The lowest BCUT2D eigenvalue weighted by atomic mass is 10.1. The highest BCUT2D eigenvalue weighted by Gasteiger charge is 2.16. The minimum absolute atomic E-state index is 0.168. The van der Waals surface area contributed by atoms with Gasteiger partial charge in [0, 0.05) is 11.3 Å². The number of carbonyl (C=O) groups is 1. The van der Waals surface area contributed by atoms with Gasteiger partial charge in [0.25, 0.3) is 5.91 Å². The van der Waals surface area contributed by atoms with Crippen molar-refractivity contribution in [2.45, 2.75) is 20.3 Å². The standard InChI is InChI=1S/C21H20N4O3/c1-3-14-6-4-5-13(2)20(14)22-18-9-10-19(25-24-18)23-21(26)15-7-8-16-17(11-15)28-12-27-16/h4-11H,3,12H2,1-2H3,(H,22,24)(H,23,25,26). The van der Waals surface area contributed by atoms with Crippen molar-refractivity contribution in [3.05, 3.63) is 65.2 Å². The third kappa shape index (κ3) is 3.59. The van der Waals surface area contributed by atoms with Crippen molar-refractivity contribution in [2.24, 2.45) is 0 Å². The zero-order valence-corrected chi connectivity index (χ0v) is 15.7. The molecule has 0 fully saturated rings. The Morgan fingerprint density at radius 3 is 2.61 bits per heavy atom. The molecule has 1 aliphatic rings. The number of nitrogens with one attached hydrogen (secondary N) is 2. The van der Waals surface area contributed by atoms with Crippen molar-refractivity contribution in [2.75, 3.05) is 17.4 Å². The third-order valence-corrected chi connectivity index (χ3v) is 4.53. The van der Waals surface area contributed by atoms with Crippen LogP contribution in [0.3, 0.4) is 0 Å². The van der Waals surface area contributed by atoms with E-state index in [0.29, 0.717) is 28.7 Å². The molecule has 0 saturated heterocycles. The van der Waals surface area contributed by atoms with Crippen LogP contribution >= 0.6 is 0 Å². The molecule has 0 saturated carbocycles. The molecule has 28 heavy (non-hydrogen) atoms. The van der Waals surface area contributed by atoms with E-state index in [1.54, 1.807) is 30.3 Å². The van der Waals surface area contributed by atoms with Crippen LogP contribution in [-0.4, -0.2) is 22.9 Å². The molecule has 0 radical (unpaired) electrons. The number of fused-ring (bicyclic) bond motifs is 1. The number of anilines is 3. The number of hydrogen-bond acceptors (Lipinski definition) is 6. The summed E-state index contributed by atoms with van der Waals surface area (Å²) in [6.07, 6.45) is 0.918. The van der Waals surface area contributed by atoms with Gasteiger partial charge in [-0.15, -0.1) is 10.2 Å². The average molecular weight is 376 g/mol. The monoisotopic (exact) mass is 376 g/mol. The first kappa shape index (κ1) is 17.8. The predicted molar refractivity (Wildman–Crippen MR) is 106 cm³/mol. The topological polar surface area (TPSA) is 85.4 Å². The van der Waals surface area contributed by atoms with Gasteiger partial charge in [-0.1, -0.05) is 25.1 Å². The normalized spacial score (nSPS) is 11.9. The summed E-state index contributed by atoms with van der Waals surface area (Å²) in [5, 5.41) is 14.3. The van der Waals surface area contributed by atoms with Gasteiger partial charge in [0.1, 0.15) is 0 Å². The summed E-state index contributed by atoms with van der Waals surface area (Å²) in [6, 6.07) is 14.7. The van der Waals surface area contributed by atoms with E-state index in [2.05, 4.69) is 46.8 Å². The second-order valence-corrected chi connectivity index (χ2v) is 6.41. The Hall–Kier alpha value is -3.61. The van der Waals surface area contributed by atoms with Crippen LogP contribution in [0.4, 0.5) is 17.3 Å². The van der Waals surface area contributed by atoms with Gasteiger partial charge in [-0.3, -0.25) is 4.79 Å². The van der Waals surface area contributed by atoms with Crippen molar-refractivity contribution < 1.29 is 14.3 Å². The van der Waals surface area contributed by atoms with Gasteiger partial charge in [0.05, 0.1) is 0 Å². The summed E-state index contributed by atoms with van der Waals surface area (Å²) in [6.45, 7) is 4.33. The molecule has 0 aliphatic carbocycles. The van der Waals surface area contributed by atoms with Gasteiger partial charge in [-0.25, -0.2) is 0 Å². The first-order chi connectivity index (χ1) is 13.6. The van der Waals surface area contributed by atoms with Crippen LogP contribution in [0.2, 0.25) is 0 Å². The minimum atomic E-state index is -0.291. The first-order valence-corrected chi connectivity index (χ1v) is 9.04. The molecule has 0 bridgehead atoms. The van der Waals surface area contributed by atoms with Gasteiger partial charge in [-0.05, 0) is 54.8 Å². The molecular formula is C21H20N4O3. The van der Waals surface area contributed by atoms with E-state index in [1.807, 2.05) is 6.07 Å². The number of ether oxygens (including phenoxy) is 2. The lowest BCUT2D eigenvalue weighted by Gasteiger charge is -2.13. The zero-order valence-electron chi connectivity index (χ0n) is 15.7. The number of para-hydroxylation sites is 1. The Kier molecular flexibility index (Phi) is 4.80. The maximum atomic E-state index is 12.4. The van der Waals surface area contributed by atoms with Crippen molar-refractivity contribution in [1.29, 1.82) is 0 Å². The molecule has 2 aromatic carbocycles. The Balaban J connectivity index is 1.46. The molecule has 3 aromatic rings. The van der Waals surface area contributed by atoms with E-state index in [9.17, 15) is 4.79 Å². The Labute approximate surface area is 162 Å². The SMILES string of the molecule is CCc1cccc(C)c1Nc1ccc(NC(=O)c2ccc3c(c2)OCO3)nn1. The van der Waals surface area contributed by atoms with Crippen LogP contribution in [0.25, 0.3) is 0 Å². The van der Waals surface area contributed by atoms with Gasteiger partial charge >= 0.3 is 0 Å². The number of carbonyl (C=O) groups excluding carboxylic acids is 1. The van der Waals surface area contributed by atoms with Crippen molar-refractivity contribution in [3.63, 3.8) is 0 Å². The van der Waals surface area contributed by atoms with Crippen LogP contribution in [0, 0.1) is 6.92 Å². The number of hydrogen-bond donors (Lipinski definition) is 2. The smallest absolute Gasteiger partial charge is 0.257 e. The van der Waals surface area contributed by atoms with Gasteiger partial charge in [0.15, 0.2) is 23.1 Å². The quantitative estimate of drug-likeness (QED) is 0.698. The molecular weight excluding hydrogens is 356 g/mol. The number of aryl methyl sites for hydroxylation is 2. The fourth-order valence-corrected chi connectivity index (χ4v) is 3.02. The second kappa shape index (κ2) is 7.56. The highest BCUT2D eigenvalue weighted by atomic mass is 16.7. The van der Waals surface area contributed by atoms with Crippen molar-refractivity contribution in [1.82, 2.24) is 10.2 Å². The predicted octanol–water partition coefficient (Wildman–Crippen LogP) is 4.07. The molecule has 7 heteroatoms. The molecule has 1 aliphatic heterocycles. The van der Waals surface area contributed by atoms with E-state index < -0.39 is 0 Å². The molecule has 1 amide bonds. The minimum Gasteiger partial charge on any atom is -0.454 e. The van der Waals surface area contributed by atoms with E-state index in [0.717, 1.165) is 17.7 Å². The Morgan fingerprint density at radius 1 is 1.04 bits per heavy atom. The highest BCUT2D eigenvalue weighted by Crippen LogP contribution is 2.32. The summed E-state index contributed by atoms with van der Waals surface area (Å²) in [7, 11) is 0. The molecule has 2 N–H and O–H groups in total. The molecule has 2 heterocycles. The van der Waals surface area contributed by atoms with Crippen molar-refractivity contribution in [3.8, 4) is 11.5 Å². The summed E-state index contributed by atoms with van der Waals surface area (Å²) in [5.41, 5.74) is 3.85. The lowest BCUT2D eigenvalue weighted by Crippen LogP contribution is -2.13. The van der Waals surface area contributed by atoms with Crippen LogP contribution < -0.4 is 20.1 Å². The van der Waals surface area contributed by atoms with Crippen LogP contribution in [0.15, 0.2) is 48.5 Å². The van der Waals surface area contributed by atoms with Crippen LogP contribution in [-0.2, 0) is 6.42 Å².